The summed E-state index contributed by atoms with van der Waals surface area (Å²) in [6.45, 7) is 7.19. The second-order valence-electron chi connectivity index (χ2n) is 8.32. The highest BCUT2D eigenvalue weighted by molar-refractivity contribution is 5.90. The molecule has 166 valence electrons. The zero-order valence-corrected chi connectivity index (χ0v) is 18.8. The summed E-state index contributed by atoms with van der Waals surface area (Å²) in [4.78, 5) is 39.2. The highest BCUT2D eigenvalue weighted by Gasteiger charge is 2.30. The van der Waals surface area contributed by atoms with Crippen molar-refractivity contribution in [3.05, 3.63) is 71.3 Å². The number of alkyl carbamates (subject to hydrolysis) is 1. The fourth-order valence-corrected chi connectivity index (χ4v) is 3.03. The van der Waals surface area contributed by atoms with Crippen molar-refractivity contribution >= 4 is 17.9 Å². The first-order valence-corrected chi connectivity index (χ1v) is 10.2. The number of hydrogen-bond donors (Lipinski definition) is 2. The van der Waals surface area contributed by atoms with E-state index in [1.165, 1.54) is 4.90 Å². The van der Waals surface area contributed by atoms with Crippen molar-refractivity contribution in [1.29, 1.82) is 0 Å². The van der Waals surface area contributed by atoms with Gasteiger partial charge in [0, 0.05) is 13.6 Å². The second kappa shape index (κ2) is 10.6. The Morgan fingerprint density at radius 2 is 1.58 bits per heavy atom. The summed E-state index contributed by atoms with van der Waals surface area (Å²) in [5.41, 5.74) is 1.91. The lowest BCUT2D eigenvalue weighted by atomic mass is 9.99. The lowest BCUT2D eigenvalue weighted by Gasteiger charge is -2.29. The number of carbonyl (C=O) groups excluding carboxylic acids is 3. The van der Waals surface area contributed by atoms with Crippen molar-refractivity contribution < 1.29 is 19.1 Å². The summed E-state index contributed by atoms with van der Waals surface area (Å²) in [6.07, 6.45) is -0.685. The molecule has 2 aromatic carbocycles. The van der Waals surface area contributed by atoms with Gasteiger partial charge in [-0.25, -0.2) is 4.79 Å². The molecular formula is C24H31N3O4. The van der Waals surface area contributed by atoms with Crippen molar-refractivity contribution in [3.8, 4) is 0 Å². The fraction of sp³-hybridized carbons (Fsp3) is 0.375. The zero-order valence-electron chi connectivity index (χ0n) is 18.8. The molecule has 0 fully saturated rings. The van der Waals surface area contributed by atoms with Gasteiger partial charge in [0.1, 0.15) is 18.2 Å². The van der Waals surface area contributed by atoms with Gasteiger partial charge in [-0.2, -0.15) is 0 Å². The third-order valence-electron chi connectivity index (χ3n) is 4.60. The Morgan fingerprint density at radius 1 is 0.968 bits per heavy atom. The Bertz CT molecular complexity index is 907. The third kappa shape index (κ3) is 7.44. The molecule has 0 saturated heterocycles. The van der Waals surface area contributed by atoms with Gasteiger partial charge in [0.15, 0.2) is 0 Å². The molecule has 2 N–H and O–H groups in total. The van der Waals surface area contributed by atoms with Crippen LogP contribution in [0.25, 0.3) is 0 Å². The maximum atomic E-state index is 13.1. The maximum Gasteiger partial charge on any atom is 0.408 e. The quantitative estimate of drug-likeness (QED) is 0.712. The SMILES string of the molecule is Cc1ccccc1C(C(=O)NCc1ccccc1)N(C)C(=O)CNC(=O)OC(C)(C)C. The Kier molecular flexibility index (Phi) is 8.19. The molecule has 7 heteroatoms. The van der Waals surface area contributed by atoms with Crippen LogP contribution < -0.4 is 10.6 Å². The molecule has 1 unspecified atom stereocenters. The predicted molar refractivity (Wildman–Crippen MR) is 119 cm³/mol. The van der Waals surface area contributed by atoms with Crippen LogP contribution in [0.1, 0.15) is 43.5 Å². The van der Waals surface area contributed by atoms with Gasteiger partial charge in [0.2, 0.25) is 11.8 Å². The monoisotopic (exact) mass is 425 g/mol. The number of benzene rings is 2. The molecule has 2 rings (SSSR count). The number of carbonyl (C=O) groups is 3. The van der Waals surface area contributed by atoms with E-state index in [2.05, 4.69) is 10.6 Å². The van der Waals surface area contributed by atoms with Crippen molar-refractivity contribution in [2.45, 2.75) is 45.9 Å². The van der Waals surface area contributed by atoms with E-state index in [0.29, 0.717) is 6.54 Å². The van der Waals surface area contributed by atoms with Gasteiger partial charge in [-0.15, -0.1) is 0 Å². The fourth-order valence-electron chi connectivity index (χ4n) is 3.03. The van der Waals surface area contributed by atoms with E-state index >= 15 is 0 Å². The topological polar surface area (TPSA) is 87.7 Å². The van der Waals surface area contributed by atoms with Gasteiger partial charge in [-0.1, -0.05) is 54.6 Å². The van der Waals surface area contributed by atoms with Crippen LogP contribution in [-0.4, -0.2) is 42.0 Å². The number of nitrogens with zero attached hydrogens (tertiary/aromatic N) is 1. The van der Waals surface area contributed by atoms with Crippen LogP contribution in [0.3, 0.4) is 0 Å². The first-order chi connectivity index (χ1) is 14.6. The Morgan fingerprint density at radius 3 is 2.19 bits per heavy atom. The average Bonchev–Trinajstić information content (AvgIpc) is 2.71. The average molecular weight is 426 g/mol. The predicted octanol–water partition coefficient (Wildman–Crippen LogP) is 3.34. The van der Waals surface area contributed by atoms with Gasteiger partial charge in [0.05, 0.1) is 0 Å². The van der Waals surface area contributed by atoms with E-state index in [-0.39, 0.29) is 12.5 Å². The summed E-state index contributed by atoms with van der Waals surface area (Å²) < 4.78 is 5.17. The largest absolute Gasteiger partial charge is 0.444 e. The molecule has 0 spiro atoms. The van der Waals surface area contributed by atoms with Gasteiger partial charge < -0.3 is 20.3 Å². The number of hydrogen-bond acceptors (Lipinski definition) is 4. The van der Waals surface area contributed by atoms with Gasteiger partial charge in [-0.05, 0) is 44.4 Å². The lowest BCUT2D eigenvalue weighted by molar-refractivity contribution is -0.138. The molecule has 7 nitrogen and oxygen atoms in total. The lowest BCUT2D eigenvalue weighted by Crippen LogP contribution is -2.46. The highest BCUT2D eigenvalue weighted by Crippen LogP contribution is 2.23. The van der Waals surface area contributed by atoms with Gasteiger partial charge >= 0.3 is 6.09 Å². The second-order valence-corrected chi connectivity index (χ2v) is 8.32. The number of likely N-dealkylation sites (N-methyl/N-ethyl adjacent to an activating group) is 1. The maximum absolute atomic E-state index is 13.1. The summed E-state index contributed by atoms with van der Waals surface area (Å²) in [6, 6.07) is 16.1. The van der Waals surface area contributed by atoms with E-state index in [9.17, 15) is 14.4 Å². The molecule has 1 atom stereocenters. The molecule has 0 aliphatic heterocycles. The van der Waals surface area contributed by atoms with E-state index in [4.69, 9.17) is 4.74 Å². The smallest absolute Gasteiger partial charge is 0.408 e. The molecule has 31 heavy (non-hydrogen) atoms. The van der Waals surface area contributed by atoms with Crippen LogP contribution in [0, 0.1) is 6.92 Å². The molecule has 0 saturated carbocycles. The third-order valence-corrected chi connectivity index (χ3v) is 4.60. The van der Waals surface area contributed by atoms with E-state index in [1.807, 2.05) is 61.5 Å². The van der Waals surface area contributed by atoms with Crippen LogP contribution in [0.2, 0.25) is 0 Å². The molecule has 0 bridgehead atoms. The van der Waals surface area contributed by atoms with Crippen LogP contribution in [-0.2, 0) is 20.9 Å². The standard InChI is InChI=1S/C24H31N3O4/c1-17-11-9-10-14-19(17)21(22(29)25-15-18-12-7-6-8-13-18)27(5)20(28)16-26-23(30)31-24(2,3)4/h6-14,21H,15-16H2,1-5H3,(H,25,29)(H,26,30). The van der Waals surface area contributed by atoms with E-state index < -0.39 is 23.6 Å². The van der Waals surface area contributed by atoms with E-state index in [0.717, 1.165) is 16.7 Å². The normalized spacial score (nSPS) is 11.9. The number of ether oxygens (including phenoxy) is 1. The van der Waals surface area contributed by atoms with Gasteiger partial charge in [-0.3, -0.25) is 9.59 Å². The molecule has 0 aliphatic rings. The van der Waals surface area contributed by atoms with Crippen LogP contribution in [0.4, 0.5) is 4.79 Å². The number of rotatable bonds is 7. The molecule has 3 amide bonds. The van der Waals surface area contributed by atoms with E-state index in [1.54, 1.807) is 27.8 Å². The van der Waals surface area contributed by atoms with Crippen LogP contribution in [0.15, 0.2) is 54.6 Å². The molecular weight excluding hydrogens is 394 g/mol. The van der Waals surface area contributed by atoms with Crippen molar-refractivity contribution in [1.82, 2.24) is 15.5 Å². The van der Waals surface area contributed by atoms with Crippen molar-refractivity contribution in [3.63, 3.8) is 0 Å². The highest BCUT2D eigenvalue weighted by atomic mass is 16.6. The Labute approximate surface area is 183 Å². The summed E-state index contributed by atoms with van der Waals surface area (Å²) in [5, 5.41) is 5.37. The Balaban J connectivity index is 2.14. The first kappa shape index (κ1) is 23.9. The number of nitrogens with one attached hydrogen (secondary N) is 2. The number of aryl methyl sites for hydroxylation is 1. The summed E-state index contributed by atoms with van der Waals surface area (Å²) in [7, 11) is 1.55. The molecule has 0 aromatic heterocycles. The first-order valence-electron chi connectivity index (χ1n) is 10.2. The van der Waals surface area contributed by atoms with Crippen molar-refractivity contribution in [2.75, 3.05) is 13.6 Å². The molecule has 0 heterocycles. The minimum atomic E-state index is -0.835. The van der Waals surface area contributed by atoms with Gasteiger partial charge in [0.25, 0.3) is 0 Å². The van der Waals surface area contributed by atoms with Crippen LogP contribution >= 0.6 is 0 Å². The van der Waals surface area contributed by atoms with Crippen molar-refractivity contribution in [2.24, 2.45) is 0 Å². The molecule has 0 radical (unpaired) electrons. The van der Waals surface area contributed by atoms with Crippen LogP contribution in [0.5, 0.6) is 0 Å². The number of amides is 3. The summed E-state index contributed by atoms with van der Waals surface area (Å²) >= 11 is 0. The minimum absolute atomic E-state index is 0.278. The zero-order chi connectivity index (χ0) is 23.0. The Hall–Kier alpha value is -3.35. The minimum Gasteiger partial charge on any atom is -0.444 e. The molecule has 0 aliphatic carbocycles. The molecule has 2 aromatic rings. The summed E-state index contributed by atoms with van der Waals surface area (Å²) in [5.74, 6) is -0.708.